The first kappa shape index (κ1) is 10.3. The lowest BCUT2D eigenvalue weighted by Crippen LogP contribution is -2.02. The maximum Gasteiger partial charge on any atom is 0.168 e. The van der Waals surface area contributed by atoms with Crippen LogP contribution in [0.1, 0.15) is 15.9 Å². The van der Waals surface area contributed by atoms with E-state index in [1.807, 2.05) is 16.8 Å². The molecule has 0 N–H and O–H groups in total. The molecule has 2 aromatic heterocycles. The van der Waals surface area contributed by atoms with Gasteiger partial charge in [-0.15, -0.1) is 0 Å². The van der Waals surface area contributed by atoms with Crippen LogP contribution in [0.3, 0.4) is 0 Å². The third-order valence-corrected chi connectivity index (χ3v) is 2.95. The average Bonchev–Trinajstić information content (AvgIpc) is 2.71. The lowest BCUT2D eigenvalue weighted by Gasteiger charge is -1.98. The van der Waals surface area contributed by atoms with Crippen LogP contribution in [0, 0.1) is 0 Å². The summed E-state index contributed by atoms with van der Waals surface area (Å²) in [7, 11) is 0. The summed E-state index contributed by atoms with van der Waals surface area (Å²) in [6.07, 6.45) is 1.93. The lowest BCUT2D eigenvalue weighted by atomic mass is 10.1. The van der Waals surface area contributed by atoms with E-state index in [0.717, 1.165) is 5.56 Å². The van der Waals surface area contributed by atoms with Crippen LogP contribution >= 0.6 is 22.9 Å². The molecule has 0 aliphatic carbocycles. The fourth-order valence-corrected chi connectivity index (χ4v) is 2.00. The van der Waals surface area contributed by atoms with E-state index < -0.39 is 0 Å². The molecule has 0 saturated carbocycles. The van der Waals surface area contributed by atoms with Gasteiger partial charge in [-0.25, -0.2) is 4.98 Å². The van der Waals surface area contributed by atoms with Gasteiger partial charge in [-0.3, -0.25) is 4.79 Å². The number of Topliss-reactive ketones (excluding diaryl/α,β-unsaturated/α-hetero) is 1. The second-order valence-corrected chi connectivity index (χ2v) is 4.27. The molecule has 0 aliphatic heterocycles. The normalized spacial score (nSPS) is 10.2. The van der Waals surface area contributed by atoms with Gasteiger partial charge in [-0.05, 0) is 34.5 Å². The quantitative estimate of drug-likeness (QED) is 0.606. The van der Waals surface area contributed by atoms with Gasteiger partial charge in [-0.1, -0.05) is 11.6 Å². The third kappa shape index (κ3) is 2.64. The Kier molecular flexibility index (Phi) is 3.14. The van der Waals surface area contributed by atoms with Crippen molar-refractivity contribution in [3.05, 3.63) is 51.4 Å². The highest BCUT2D eigenvalue weighted by Gasteiger charge is 2.07. The molecule has 15 heavy (non-hydrogen) atoms. The molecule has 0 bridgehead atoms. The molecule has 0 amide bonds. The zero-order valence-electron chi connectivity index (χ0n) is 7.81. The molecule has 0 aromatic carbocycles. The molecular weight excluding hydrogens is 230 g/mol. The SMILES string of the molecule is O=C(Cc1ccsc1)c1ccc(Cl)nc1. The summed E-state index contributed by atoms with van der Waals surface area (Å²) in [5.41, 5.74) is 1.64. The molecule has 0 aliphatic rings. The zero-order chi connectivity index (χ0) is 10.7. The summed E-state index contributed by atoms with van der Waals surface area (Å²) in [6.45, 7) is 0. The summed E-state index contributed by atoms with van der Waals surface area (Å²) in [4.78, 5) is 15.6. The van der Waals surface area contributed by atoms with Crippen molar-refractivity contribution in [3.8, 4) is 0 Å². The minimum atomic E-state index is 0.0672. The van der Waals surface area contributed by atoms with Gasteiger partial charge in [0.05, 0.1) is 0 Å². The molecule has 0 unspecified atom stereocenters. The van der Waals surface area contributed by atoms with Crippen molar-refractivity contribution >= 4 is 28.7 Å². The number of hydrogen-bond donors (Lipinski definition) is 0. The van der Waals surface area contributed by atoms with E-state index >= 15 is 0 Å². The summed E-state index contributed by atoms with van der Waals surface area (Å²) in [5.74, 6) is 0.0672. The predicted molar refractivity (Wildman–Crippen MR) is 61.6 cm³/mol. The van der Waals surface area contributed by atoms with Crippen LogP contribution in [0.5, 0.6) is 0 Å². The number of nitrogens with zero attached hydrogens (tertiary/aromatic N) is 1. The number of rotatable bonds is 3. The molecule has 0 saturated heterocycles. The minimum absolute atomic E-state index is 0.0672. The summed E-state index contributed by atoms with van der Waals surface area (Å²) >= 11 is 7.23. The molecule has 4 heteroatoms. The second kappa shape index (κ2) is 4.55. The van der Waals surface area contributed by atoms with Crippen LogP contribution in [0.25, 0.3) is 0 Å². The van der Waals surface area contributed by atoms with Crippen LogP contribution in [-0.2, 0) is 6.42 Å². The molecule has 0 atom stereocenters. The van der Waals surface area contributed by atoms with Gasteiger partial charge in [0.1, 0.15) is 5.15 Å². The van der Waals surface area contributed by atoms with E-state index in [4.69, 9.17) is 11.6 Å². The average molecular weight is 238 g/mol. The van der Waals surface area contributed by atoms with Gasteiger partial charge in [-0.2, -0.15) is 11.3 Å². The standard InChI is InChI=1S/C11H8ClNOS/c12-11-2-1-9(6-13-11)10(14)5-8-3-4-15-7-8/h1-4,6-7H,5H2. The van der Waals surface area contributed by atoms with Crippen molar-refractivity contribution in [2.75, 3.05) is 0 Å². The lowest BCUT2D eigenvalue weighted by molar-refractivity contribution is 0.0993. The highest BCUT2D eigenvalue weighted by molar-refractivity contribution is 7.08. The van der Waals surface area contributed by atoms with E-state index in [1.165, 1.54) is 6.20 Å². The first-order chi connectivity index (χ1) is 7.25. The van der Waals surface area contributed by atoms with Gasteiger partial charge in [0, 0.05) is 18.2 Å². The zero-order valence-corrected chi connectivity index (χ0v) is 9.39. The molecule has 76 valence electrons. The first-order valence-electron chi connectivity index (χ1n) is 4.41. The molecule has 2 heterocycles. The van der Waals surface area contributed by atoms with Crippen LogP contribution in [-0.4, -0.2) is 10.8 Å². The molecule has 0 spiro atoms. The van der Waals surface area contributed by atoms with Crippen molar-refractivity contribution in [1.82, 2.24) is 4.98 Å². The summed E-state index contributed by atoms with van der Waals surface area (Å²) in [6, 6.07) is 5.28. The number of thiophene rings is 1. The molecule has 0 fully saturated rings. The summed E-state index contributed by atoms with van der Waals surface area (Å²) < 4.78 is 0. The number of carbonyl (C=O) groups excluding carboxylic acids is 1. The maximum atomic E-state index is 11.7. The Morgan fingerprint density at radius 3 is 2.87 bits per heavy atom. The van der Waals surface area contributed by atoms with Gasteiger partial charge < -0.3 is 0 Å². The Morgan fingerprint density at radius 2 is 2.27 bits per heavy atom. The Labute approximate surface area is 96.5 Å². The van der Waals surface area contributed by atoms with Gasteiger partial charge in [0.25, 0.3) is 0 Å². The minimum Gasteiger partial charge on any atom is -0.294 e. The van der Waals surface area contributed by atoms with Gasteiger partial charge >= 0.3 is 0 Å². The number of ketones is 1. The molecule has 2 nitrogen and oxygen atoms in total. The van der Waals surface area contributed by atoms with E-state index in [-0.39, 0.29) is 5.78 Å². The highest BCUT2D eigenvalue weighted by atomic mass is 35.5. The van der Waals surface area contributed by atoms with Crippen molar-refractivity contribution in [2.24, 2.45) is 0 Å². The van der Waals surface area contributed by atoms with Crippen molar-refractivity contribution < 1.29 is 4.79 Å². The maximum absolute atomic E-state index is 11.7. The van der Waals surface area contributed by atoms with Crippen molar-refractivity contribution in [2.45, 2.75) is 6.42 Å². The number of hydrogen-bond acceptors (Lipinski definition) is 3. The van der Waals surface area contributed by atoms with Crippen LogP contribution < -0.4 is 0 Å². The smallest absolute Gasteiger partial charge is 0.168 e. The first-order valence-corrected chi connectivity index (χ1v) is 5.73. The molecule has 0 radical (unpaired) electrons. The fourth-order valence-electron chi connectivity index (χ4n) is 1.22. The van der Waals surface area contributed by atoms with Crippen LogP contribution in [0.4, 0.5) is 0 Å². The van der Waals surface area contributed by atoms with E-state index in [0.29, 0.717) is 17.1 Å². The van der Waals surface area contributed by atoms with Gasteiger partial charge in [0.15, 0.2) is 5.78 Å². The molecular formula is C11H8ClNOS. The number of carbonyl (C=O) groups is 1. The topological polar surface area (TPSA) is 30.0 Å². The largest absolute Gasteiger partial charge is 0.294 e. The van der Waals surface area contributed by atoms with Crippen molar-refractivity contribution in [1.29, 1.82) is 0 Å². The Morgan fingerprint density at radius 1 is 1.40 bits per heavy atom. The van der Waals surface area contributed by atoms with E-state index in [2.05, 4.69) is 4.98 Å². The van der Waals surface area contributed by atoms with Crippen LogP contribution in [0.15, 0.2) is 35.2 Å². The van der Waals surface area contributed by atoms with Gasteiger partial charge in [0.2, 0.25) is 0 Å². The number of aromatic nitrogens is 1. The van der Waals surface area contributed by atoms with E-state index in [1.54, 1.807) is 23.5 Å². The highest BCUT2D eigenvalue weighted by Crippen LogP contribution is 2.11. The number of halogens is 1. The van der Waals surface area contributed by atoms with E-state index in [9.17, 15) is 4.79 Å². The predicted octanol–water partition coefficient (Wildman–Crippen LogP) is 3.22. The Hall–Kier alpha value is -1.19. The number of pyridine rings is 1. The summed E-state index contributed by atoms with van der Waals surface area (Å²) in [5, 5.41) is 4.34. The Bertz CT molecular complexity index is 450. The van der Waals surface area contributed by atoms with Crippen molar-refractivity contribution in [3.63, 3.8) is 0 Å². The monoisotopic (exact) mass is 237 g/mol. The fraction of sp³-hybridized carbons (Fsp3) is 0.0909. The third-order valence-electron chi connectivity index (χ3n) is 1.99. The molecule has 2 rings (SSSR count). The Balaban J connectivity index is 2.11. The van der Waals surface area contributed by atoms with Crippen LogP contribution in [0.2, 0.25) is 5.15 Å². The second-order valence-electron chi connectivity index (χ2n) is 3.10. The molecule has 2 aromatic rings.